The Morgan fingerprint density at radius 2 is 2.38 bits per heavy atom. The maximum absolute atomic E-state index is 12.4. The van der Waals surface area contributed by atoms with Gasteiger partial charge in [0.15, 0.2) is 4.34 Å². The van der Waals surface area contributed by atoms with Gasteiger partial charge in [-0.05, 0) is 31.9 Å². The molecule has 0 aliphatic carbocycles. The lowest BCUT2D eigenvalue weighted by atomic mass is 10.1. The average Bonchev–Trinajstić information content (AvgIpc) is 3.14. The van der Waals surface area contributed by atoms with Crippen LogP contribution in [0.15, 0.2) is 28.7 Å². The first kappa shape index (κ1) is 14.5. The lowest BCUT2D eigenvalue weighted by Gasteiger charge is -2.24. The van der Waals surface area contributed by atoms with Gasteiger partial charge in [-0.3, -0.25) is 9.78 Å². The van der Waals surface area contributed by atoms with Crippen molar-refractivity contribution in [1.29, 1.82) is 0 Å². The van der Waals surface area contributed by atoms with Crippen molar-refractivity contribution < 1.29 is 4.79 Å². The fourth-order valence-corrected chi connectivity index (χ4v) is 4.19. The molecule has 21 heavy (non-hydrogen) atoms. The minimum Gasteiger partial charge on any atom is -0.333 e. The second kappa shape index (κ2) is 6.53. The molecule has 0 N–H and O–H groups in total. The number of pyridine rings is 1. The van der Waals surface area contributed by atoms with Crippen molar-refractivity contribution in [2.24, 2.45) is 0 Å². The van der Waals surface area contributed by atoms with E-state index in [0.717, 1.165) is 34.4 Å². The monoisotopic (exact) mass is 320 g/mol. The average molecular weight is 320 g/mol. The smallest absolute Gasteiger partial charge is 0.233 e. The number of carbonyl (C=O) groups is 1. The molecule has 3 heterocycles. The Kier molecular flexibility index (Phi) is 4.50. The van der Waals surface area contributed by atoms with Crippen LogP contribution in [-0.2, 0) is 4.79 Å². The molecule has 2 aromatic rings. The predicted octanol–water partition coefficient (Wildman–Crippen LogP) is 2.70. The SMILES string of the molecule is Cc1nnc(SCC(=O)N2CCCC2c2ccccn2)s1. The quantitative estimate of drug-likeness (QED) is 0.811. The van der Waals surface area contributed by atoms with Gasteiger partial charge in [-0.25, -0.2) is 0 Å². The lowest BCUT2D eigenvalue weighted by Crippen LogP contribution is -2.32. The largest absolute Gasteiger partial charge is 0.333 e. The van der Waals surface area contributed by atoms with E-state index < -0.39 is 0 Å². The summed E-state index contributed by atoms with van der Waals surface area (Å²) in [6.07, 6.45) is 3.82. The summed E-state index contributed by atoms with van der Waals surface area (Å²) in [7, 11) is 0. The second-order valence-corrected chi connectivity index (χ2v) is 7.28. The van der Waals surface area contributed by atoms with Gasteiger partial charge < -0.3 is 4.90 Å². The predicted molar refractivity (Wildman–Crippen MR) is 83.3 cm³/mol. The summed E-state index contributed by atoms with van der Waals surface area (Å²) < 4.78 is 0.856. The Morgan fingerprint density at radius 1 is 1.48 bits per heavy atom. The number of thioether (sulfide) groups is 1. The first-order chi connectivity index (χ1) is 10.2. The molecule has 1 fully saturated rings. The summed E-state index contributed by atoms with van der Waals surface area (Å²) >= 11 is 2.99. The Labute approximate surface area is 131 Å². The minimum atomic E-state index is 0.121. The maximum atomic E-state index is 12.4. The van der Waals surface area contributed by atoms with Gasteiger partial charge in [0.1, 0.15) is 5.01 Å². The van der Waals surface area contributed by atoms with Crippen molar-refractivity contribution >= 4 is 29.0 Å². The van der Waals surface area contributed by atoms with E-state index in [-0.39, 0.29) is 11.9 Å². The zero-order valence-electron chi connectivity index (χ0n) is 11.7. The molecule has 2 aromatic heterocycles. The van der Waals surface area contributed by atoms with Crippen LogP contribution >= 0.6 is 23.1 Å². The molecule has 0 radical (unpaired) electrons. The van der Waals surface area contributed by atoms with Crippen LogP contribution in [0.3, 0.4) is 0 Å². The summed E-state index contributed by atoms with van der Waals surface area (Å²) in [5.41, 5.74) is 0.986. The van der Waals surface area contributed by atoms with E-state index in [2.05, 4.69) is 15.2 Å². The van der Waals surface area contributed by atoms with E-state index in [1.54, 1.807) is 6.20 Å². The van der Waals surface area contributed by atoms with Gasteiger partial charge in [-0.15, -0.1) is 10.2 Å². The summed E-state index contributed by atoms with van der Waals surface area (Å²) in [4.78, 5) is 18.8. The lowest BCUT2D eigenvalue weighted by molar-refractivity contribution is -0.129. The van der Waals surface area contributed by atoms with Crippen molar-refractivity contribution in [3.05, 3.63) is 35.1 Å². The van der Waals surface area contributed by atoms with Crippen molar-refractivity contribution in [2.45, 2.75) is 30.1 Å². The highest BCUT2D eigenvalue weighted by atomic mass is 32.2. The van der Waals surface area contributed by atoms with Crippen LogP contribution in [0.4, 0.5) is 0 Å². The molecule has 1 aliphatic heterocycles. The van der Waals surface area contributed by atoms with Crippen LogP contribution in [0, 0.1) is 6.92 Å². The number of carbonyl (C=O) groups excluding carboxylic acids is 1. The van der Waals surface area contributed by atoms with Crippen LogP contribution < -0.4 is 0 Å². The van der Waals surface area contributed by atoms with E-state index in [1.165, 1.54) is 23.1 Å². The van der Waals surface area contributed by atoms with E-state index in [4.69, 9.17) is 0 Å². The van der Waals surface area contributed by atoms with Gasteiger partial charge in [-0.2, -0.15) is 0 Å². The highest BCUT2D eigenvalue weighted by Crippen LogP contribution is 2.32. The molecule has 0 spiro atoms. The molecule has 0 aromatic carbocycles. The fourth-order valence-electron chi connectivity index (χ4n) is 2.49. The third-order valence-electron chi connectivity index (χ3n) is 3.43. The molecule has 0 saturated carbocycles. The van der Waals surface area contributed by atoms with E-state index >= 15 is 0 Å². The summed E-state index contributed by atoms with van der Waals surface area (Å²) in [5, 5.41) is 8.94. The Morgan fingerprint density at radius 3 is 3.10 bits per heavy atom. The molecule has 1 amide bonds. The number of aryl methyl sites for hydroxylation is 1. The Hall–Kier alpha value is -1.47. The zero-order chi connectivity index (χ0) is 14.7. The normalized spacial score (nSPS) is 18.1. The molecule has 5 nitrogen and oxygen atoms in total. The number of hydrogen-bond donors (Lipinski definition) is 0. The number of likely N-dealkylation sites (tertiary alicyclic amines) is 1. The van der Waals surface area contributed by atoms with Crippen LogP contribution in [0.25, 0.3) is 0 Å². The van der Waals surface area contributed by atoms with Crippen LogP contribution in [0.2, 0.25) is 0 Å². The van der Waals surface area contributed by atoms with Crippen molar-refractivity contribution in [3.63, 3.8) is 0 Å². The van der Waals surface area contributed by atoms with Crippen molar-refractivity contribution in [1.82, 2.24) is 20.1 Å². The molecular weight excluding hydrogens is 304 g/mol. The third-order valence-corrected chi connectivity index (χ3v) is 5.39. The number of nitrogens with zero attached hydrogens (tertiary/aromatic N) is 4. The molecule has 1 saturated heterocycles. The van der Waals surface area contributed by atoms with Gasteiger partial charge >= 0.3 is 0 Å². The third kappa shape index (κ3) is 3.41. The number of rotatable bonds is 4. The zero-order valence-corrected chi connectivity index (χ0v) is 13.4. The van der Waals surface area contributed by atoms with Gasteiger partial charge in [-0.1, -0.05) is 29.2 Å². The van der Waals surface area contributed by atoms with Crippen LogP contribution in [0.5, 0.6) is 0 Å². The first-order valence-electron chi connectivity index (χ1n) is 6.87. The van der Waals surface area contributed by atoms with Crippen LogP contribution in [-0.4, -0.2) is 38.3 Å². The fraction of sp³-hybridized carbons (Fsp3) is 0.429. The van der Waals surface area contributed by atoms with Crippen molar-refractivity contribution in [3.8, 4) is 0 Å². The highest BCUT2D eigenvalue weighted by molar-refractivity contribution is 8.01. The summed E-state index contributed by atoms with van der Waals surface area (Å²) in [5.74, 6) is 0.568. The molecule has 1 aliphatic rings. The van der Waals surface area contributed by atoms with Gasteiger partial charge in [0.2, 0.25) is 5.91 Å². The topological polar surface area (TPSA) is 59.0 Å². The molecule has 110 valence electrons. The standard InChI is InChI=1S/C14H16N4OS2/c1-10-16-17-14(21-10)20-9-13(19)18-8-4-6-12(18)11-5-2-3-7-15-11/h2-3,5,7,12H,4,6,8-9H2,1H3. The number of hydrogen-bond acceptors (Lipinski definition) is 6. The summed E-state index contributed by atoms with van der Waals surface area (Å²) in [6, 6.07) is 5.99. The van der Waals surface area contributed by atoms with Gasteiger partial charge in [0, 0.05) is 12.7 Å². The minimum absolute atomic E-state index is 0.121. The van der Waals surface area contributed by atoms with E-state index in [9.17, 15) is 4.79 Å². The number of amides is 1. The molecule has 1 unspecified atom stereocenters. The maximum Gasteiger partial charge on any atom is 0.233 e. The Balaban J connectivity index is 1.63. The highest BCUT2D eigenvalue weighted by Gasteiger charge is 2.30. The molecular formula is C14H16N4OS2. The summed E-state index contributed by atoms with van der Waals surface area (Å²) in [6.45, 7) is 2.73. The molecule has 1 atom stereocenters. The van der Waals surface area contributed by atoms with Crippen molar-refractivity contribution in [2.75, 3.05) is 12.3 Å². The number of aromatic nitrogens is 3. The van der Waals surface area contributed by atoms with E-state index in [1.807, 2.05) is 30.0 Å². The molecule has 7 heteroatoms. The first-order valence-corrected chi connectivity index (χ1v) is 8.67. The van der Waals surface area contributed by atoms with Gasteiger partial charge in [0.25, 0.3) is 0 Å². The Bertz CT molecular complexity index is 616. The van der Waals surface area contributed by atoms with Gasteiger partial charge in [0.05, 0.1) is 17.5 Å². The molecule has 3 rings (SSSR count). The van der Waals surface area contributed by atoms with E-state index in [0.29, 0.717) is 5.75 Å². The van der Waals surface area contributed by atoms with Crippen LogP contribution in [0.1, 0.15) is 29.6 Å². The molecule has 0 bridgehead atoms. The second-order valence-electron chi connectivity index (χ2n) is 4.88.